The van der Waals surface area contributed by atoms with Crippen LogP contribution in [0.4, 0.5) is 0 Å². The van der Waals surface area contributed by atoms with Gasteiger partial charge in [-0.05, 0) is 49.9 Å². The Kier molecular flexibility index (Phi) is 15.0. The maximum Gasteiger partial charge on any atom is 0.305 e. The second kappa shape index (κ2) is 18.3. The average molecular weight is 561 g/mol. The van der Waals surface area contributed by atoms with E-state index in [0.717, 1.165) is 22.6 Å². The van der Waals surface area contributed by atoms with E-state index in [0.29, 0.717) is 49.9 Å². The molecular formula is C28H36N2O6S2. The molecule has 2 aromatic rings. The highest BCUT2D eigenvalue weighted by atomic mass is 33.1. The summed E-state index contributed by atoms with van der Waals surface area (Å²) in [5, 5.41) is 5.74. The van der Waals surface area contributed by atoms with E-state index in [1.165, 1.54) is 21.6 Å². The highest BCUT2D eigenvalue weighted by Crippen LogP contribution is 2.40. The highest BCUT2D eigenvalue weighted by Gasteiger charge is 2.15. The van der Waals surface area contributed by atoms with Crippen LogP contribution in [-0.2, 0) is 19.1 Å². The van der Waals surface area contributed by atoms with Gasteiger partial charge in [-0.15, -0.1) is 0 Å². The van der Waals surface area contributed by atoms with Gasteiger partial charge in [0.1, 0.15) is 0 Å². The third-order valence-electron chi connectivity index (χ3n) is 5.13. The van der Waals surface area contributed by atoms with E-state index in [1.54, 1.807) is 24.3 Å². The quantitative estimate of drug-likeness (QED) is 0.150. The van der Waals surface area contributed by atoms with Gasteiger partial charge >= 0.3 is 11.9 Å². The fourth-order valence-electron chi connectivity index (χ4n) is 3.21. The van der Waals surface area contributed by atoms with Gasteiger partial charge in [-0.1, -0.05) is 59.7 Å². The van der Waals surface area contributed by atoms with Gasteiger partial charge in [-0.25, -0.2) is 0 Å². The summed E-state index contributed by atoms with van der Waals surface area (Å²) in [5.74, 6) is -0.863. The highest BCUT2D eigenvalue weighted by molar-refractivity contribution is 8.76. The lowest BCUT2D eigenvalue weighted by molar-refractivity contribution is -0.144. The second-order valence-corrected chi connectivity index (χ2v) is 10.5. The molecule has 0 saturated carbocycles. The molecule has 2 aromatic carbocycles. The van der Waals surface area contributed by atoms with Crippen LogP contribution in [0.3, 0.4) is 0 Å². The van der Waals surface area contributed by atoms with Crippen molar-refractivity contribution in [1.29, 1.82) is 0 Å². The number of hydrogen-bond acceptors (Lipinski definition) is 8. The van der Waals surface area contributed by atoms with Crippen LogP contribution in [0.25, 0.3) is 0 Å². The van der Waals surface area contributed by atoms with Crippen molar-refractivity contribution in [3.05, 3.63) is 59.7 Å². The molecule has 0 fully saturated rings. The van der Waals surface area contributed by atoms with Gasteiger partial charge in [0.15, 0.2) is 0 Å². The summed E-state index contributed by atoms with van der Waals surface area (Å²) >= 11 is 0. The number of rotatable bonds is 17. The Balaban J connectivity index is 1.86. The van der Waals surface area contributed by atoms with Gasteiger partial charge in [-0.2, -0.15) is 0 Å². The minimum atomic E-state index is -0.223. The van der Waals surface area contributed by atoms with E-state index >= 15 is 0 Å². The molecule has 2 N–H and O–H groups in total. The van der Waals surface area contributed by atoms with Crippen LogP contribution in [0.15, 0.2) is 58.3 Å². The monoisotopic (exact) mass is 560 g/mol. The van der Waals surface area contributed by atoms with Crippen molar-refractivity contribution in [2.24, 2.45) is 0 Å². The van der Waals surface area contributed by atoms with Gasteiger partial charge in [0.2, 0.25) is 0 Å². The molecule has 206 valence electrons. The van der Waals surface area contributed by atoms with E-state index in [2.05, 4.69) is 10.6 Å². The average Bonchev–Trinajstić information content (AvgIpc) is 2.92. The lowest BCUT2D eigenvalue weighted by Crippen LogP contribution is -2.26. The zero-order valence-corrected chi connectivity index (χ0v) is 23.6. The lowest BCUT2D eigenvalue weighted by atomic mass is 10.2. The minimum Gasteiger partial charge on any atom is -0.466 e. The summed E-state index contributed by atoms with van der Waals surface area (Å²) in [4.78, 5) is 49.9. The predicted octanol–water partition coefficient (Wildman–Crippen LogP) is 5.41. The smallest absolute Gasteiger partial charge is 0.305 e. The summed E-state index contributed by atoms with van der Waals surface area (Å²) in [7, 11) is 2.80. The topological polar surface area (TPSA) is 111 Å². The molecule has 0 aliphatic carbocycles. The molecule has 0 bridgehead atoms. The van der Waals surface area contributed by atoms with Crippen molar-refractivity contribution in [1.82, 2.24) is 10.6 Å². The van der Waals surface area contributed by atoms with Crippen LogP contribution in [0.2, 0.25) is 0 Å². The molecule has 10 heteroatoms. The van der Waals surface area contributed by atoms with Gasteiger partial charge in [0.05, 0.1) is 24.3 Å². The zero-order chi connectivity index (χ0) is 27.6. The molecule has 0 radical (unpaired) electrons. The summed E-state index contributed by atoms with van der Waals surface area (Å²) in [6.45, 7) is 5.17. The lowest BCUT2D eigenvalue weighted by Gasteiger charge is -2.12. The molecule has 0 saturated heterocycles. The summed E-state index contributed by atoms with van der Waals surface area (Å²) in [5.41, 5.74) is 1.07. The third-order valence-corrected chi connectivity index (χ3v) is 7.61. The molecule has 0 aliphatic rings. The number of amides is 2. The van der Waals surface area contributed by atoms with E-state index < -0.39 is 0 Å². The third kappa shape index (κ3) is 11.6. The van der Waals surface area contributed by atoms with E-state index in [-0.39, 0.29) is 37.0 Å². The van der Waals surface area contributed by atoms with Crippen LogP contribution >= 0.6 is 21.6 Å². The molecule has 0 aromatic heterocycles. The maximum atomic E-state index is 12.8. The molecule has 0 aliphatic heterocycles. The van der Waals surface area contributed by atoms with Gasteiger partial charge < -0.3 is 20.1 Å². The van der Waals surface area contributed by atoms with Crippen molar-refractivity contribution in [3.8, 4) is 0 Å². The summed E-state index contributed by atoms with van der Waals surface area (Å²) in [6, 6.07) is 14.6. The molecule has 0 spiro atoms. The van der Waals surface area contributed by atoms with Crippen molar-refractivity contribution >= 4 is 45.3 Å². The second-order valence-electron chi connectivity index (χ2n) is 8.32. The number of ether oxygens (including phenoxy) is 2. The molecule has 2 rings (SSSR count). The van der Waals surface area contributed by atoms with E-state index in [1.807, 2.05) is 38.1 Å². The first-order valence-corrected chi connectivity index (χ1v) is 15.0. The number of nitrogens with one attached hydrogen (secondary N) is 2. The Hall–Kier alpha value is -2.98. The molecule has 0 unspecified atom stereocenters. The largest absolute Gasteiger partial charge is 0.466 e. The van der Waals surface area contributed by atoms with Crippen LogP contribution in [0, 0.1) is 0 Å². The fraction of sp³-hybridized carbons (Fsp3) is 0.429. The number of benzene rings is 2. The van der Waals surface area contributed by atoms with Crippen LogP contribution in [0.5, 0.6) is 0 Å². The minimum absolute atomic E-state index is 0.209. The van der Waals surface area contributed by atoms with Crippen molar-refractivity contribution in [2.45, 2.75) is 62.2 Å². The molecule has 2 amide bonds. The predicted molar refractivity (Wildman–Crippen MR) is 150 cm³/mol. The Morgan fingerprint density at radius 2 is 1.05 bits per heavy atom. The van der Waals surface area contributed by atoms with Crippen molar-refractivity contribution in [2.75, 3.05) is 26.3 Å². The standard InChI is InChI=1S/C28H36N2O6S2/c1-3-11-25(31)35-19-9-17-29-27(33)21-13-5-7-15-23(21)37-38-24-16-8-6-14-22(24)28(34)30-18-10-20-36-26(32)12-4-2/h5-8,13-16H,3-4,9-12,17-20H2,1-2H3,(H,29,33)(H,30,34). The summed E-state index contributed by atoms with van der Waals surface area (Å²) < 4.78 is 10.2. The van der Waals surface area contributed by atoms with Crippen LogP contribution < -0.4 is 10.6 Å². The number of carbonyl (C=O) groups excluding carboxylic acids is 4. The normalized spacial score (nSPS) is 10.5. The molecule has 0 heterocycles. The van der Waals surface area contributed by atoms with Crippen LogP contribution in [0.1, 0.15) is 73.1 Å². The summed E-state index contributed by atoms with van der Waals surface area (Å²) in [6.07, 6.45) is 3.36. The molecule has 38 heavy (non-hydrogen) atoms. The molecular weight excluding hydrogens is 524 g/mol. The SMILES string of the molecule is CCCC(=O)OCCCNC(=O)c1ccccc1SSc1ccccc1C(=O)NCCCOC(=O)CCC. The van der Waals surface area contributed by atoms with Gasteiger partial charge in [0, 0.05) is 35.7 Å². The van der Waals surface area contributed by atoms with Crippen molar-refractivity contribution in [3.63, 3.8) is 0 Å². The number of carbonyl (C=O) groups is 4. The maximum absolute atomic E-state index is 12.8. The van der Waals surface area contributed by atoms with Gasteiger partial charge in [0.25, 0.3) is 11.8 Å². The van der Waals surface area contributed by atoms with E-state index in [9.17, 15) is 19.2 Å². The first kappa shape index (κ1) is 31.2. The first-order chi connectivity index (χ1) is 18.5. The van der Waals surface area contributed by atoms with Crippen molar-refractivity contribution < 1.29 is 28.7 Å². The van der Waals surface area contributed by atoms with Gasteiger partial charge in [-0.3, -0.25) is 19.2 Å². The first-order valence-electron chi connectivity index (χ1n) is 12.9. The fourth-order valence-corrected chi connectivity index (χ4v) is 5.57. The Labute approximate surface area is 232 Å². The number of hydrogen-bond donors (Lipinski definition) is 2. The Morgan fingerprint density at radius 3 is 1.45 bits per heavy atom. The molecule has 8 nitrogen and oxygen atoms in total. The number of esters is 2. The van der Waals surface area contributed by atoms with E-state index in [4.69, 9.17) is 9.47 Å². The molecule has 0 atom stereocenters. The Morgan fingerprint density at radius 1 is 0.658 bits per heavy atom. The zero-order valence-electron chi connectivity index (χ0n) is 22.0. The Bertz CT molecular complexity index is 980. The van der Waals surface area contributed by atoms with Crippen LogP contribution in [-0.4, -0.2) is 50.1 Å².